The summed E-state index contributed by atoms with van der Waals surface area (Å²) in [6.45, 7) is 4.01. The average molecular weight is 603 g/mol. The topological polar surface area (TPSA) is 113 Å². The van der Waals surface area contributed by atoms with Crippen LogP contribution in [0.25, 0.3) is 0 Å². The van der Waals surface area contributed by atoms with Crippen molar-refractivity contribution < 1.29 is 27.9 Å². The van der Waals surface area contributed by atoms with Crippen molar-refractivity contribution in [2.24, 2.45) is 4.99 Å². The molecule has 222 valence electrons. The maximum Gasteiger partial charge on any atom is 0.407 e. The van der Waals surface area contributed by atoms with Crippen molar-refractivity contribution in [2.45, 2.75) is 32.2 Å². The van der Waals surface area contributed by atoms with Gasteiger partial charge in [-0.1, -0.05) is 74.1 Å². The van der Waals surface area contributed by atoms with Crippen molar-refractivity contribution >= 4 is 46.2 Å². The lowest BCUT2D eigenvalue weighted by Gasteiger charge is -2.15. The van der Waals surface area contributed by atoms with Crippen LogP contribution in [-0.4, -0.2) is 34.5 Å². The Morgan fingerprint density at radius 3 is 2.47 bits per heavy atom. The molecule has 0 radical (unpaired) electrons. The molecular weight excluding hydrogens is 571 g/mol. The Labute approximate surface area is 253 Å². The van der Waals surface area contributed by atoms with Crippen LogP contribution in [-0.2, 0) is 27.5 Å². The summed E-state index contributed by atoms with van der Waals surface area (Å²) in [6.07, 6.45) is 0.825. The van der Waals surface area contributed by atoms with E-state index in [2.05, 4.69) is 15.6 Å². The minimum Gasteiger partial charge on any atom is -0.467 e. The van der Waals surface area contributed by atoms with Crippen molar-refractivity contribution in [3.63, 3.8) is 0 Å². The van der Waals surface area contributed by atoms with Gasteiger partial charge in [0.05, 0.1) is 18.5 Å². The molecule has 3 amide bonds. The lowest BCUT2D eigenvalue weighted by atomic mass is 10.1. The Balaban J connectivity index is 0.00000207. The number of carbonyl (C=O) groups is 3. The number of nitrogens with zero attached hydrogens (tertiary/aromatic N) is 2. The highest BCUT2D eigenvalue weighted by atomic mass is 32.2. The molecule has 0 bridgehead atoms. The van der Waals surface area contributed by atoms with E-state index in [-0.39, 0.29) is 25.6 Å². The summed E-state index contributed by atoms with van der Waals surface area (Å²) < 4.78 is 24.3. The average Bonchev–Trinajstić information content (AvgIpc) is 3.65. The van der Waals surface area contributed by atoms with E-state index in [9.17, 15) is 18.8 Å². The molecule has 1 atom stereocenters. The van der Waals surface area contributed by atoms with E-state index < -0.39 is 23.1 Å². The largest absolute Gasteiger partial charge is 0.467 e. The number of furan rings is 1. The second-order valence-electron chi connectivity index (χ2n) is 8.96. The van der Waals surface area contributed by atoms with Gasteiger partial charge in [0.15, 0.2) is 5.17 Å². The fourth-order valence-corrected chi connectivity index (χ4v) is 5.16. The molecule has 11 heteroatoms. The normalized spacial score (nSPS) is 15.0. The number of ether oxygens (including phenoxy) is 1. The molecule has 9 nitrogen and oxygen atoms in total. The minimum atomic E-state index is -0.703. The number of hydrogen-bond acceptors (Lipinski definition) is 7. The van der Waals surface area contributed by atoms with Gasteiger partial charge in [0.25, 0.3) is 0 Å². The second-order valence-corrected chi connectivity index (χ2v) is 10.0. The van der Waals surface area contributed by atoms with Crippen LogP contribution in [0.2, 0.25) is 0 Å². The third-order valence-electron chi connectivity index (χ3n) is 5.97. The first-order valence-electron chi connectivity index (χ1n) is 13.6. The highest BCUT2D eigenvalue weighted by Gasteiger charge is 2.39. The van der Waals surface area contributed by atoms with Crippen LogP contribution < -0.4 is 10.6 Å². The van der Waals surface area contributed by atoms with E-state index in [1.165, 1.54) is 35.1 Å². The number of carbonyl (C=O) groups excluding carboxylic acids is 3. The van der Waals surface area contributed by atoms with Crippen molar-refractivity contribution in [3.8, 4) is 0 Å². The molecule has 2 N–H and O–H groups in total. The molecule has 43 heavy (non-hydrogen) atoms. The van der Waals surface area contributed by atoms with Gasteiger partial charge in [-0.15, -0.1) is 0 Å². The first-order valence-corrected chi connectivity index (χ1v) is 14.5. The summed E-state index contributed by atoms with van der Waals surface area (Å²) >= 11 is 1.25. The van der Waals surface area contributed by atoms with Crippen LogP contribution >= 0.6 is 11.8 Å². The van der Waals surface area contributed by atoms with E-state index >= 15 is 0 Å². The van der Waals surface area contributed by atoms with Gasteiger partial charge in [-0.3, -0.25) is 14.5 Å². The van der Waals surface area contributed by atoms with Crippen LogP contribution in [0.4, 0.5) is 20.6 Å². The van der Waals surface area contributed by atoms with Gasteiger partial charge >= 0.3 is 6.09 Å². The third kappa shape index (κ3) is 8.79. The molecule has 3 aromatic carbocycles. The number of rotatable bonds is 9. The molecule has 1 aliphatic heterocycles. The molecule has 5 rings (SSSR count). The fourth-order valence-electron chi connectivity index (χ4n) is 3.99. The zero-order valence-corrected chi connectivity index (χ0v) is 24.5. The Morgan fingerprint density at radius 2 is 1.77 bits per heavy atom. The van der Waals surface area contributed by atoms with Gasteiger partial charge in [0.2, 0.25) is 11.8 Å². The van der Waals surface area contributed by atoms with E-state index in [0.717, 1.165) is 5.56 Å². The summed E-state index contributed by atoms with van der Waals surface area (Å²) in [7, 11) is 0. The molecule has 1 unspecified atom stereocenters. The van der Waals surface area contributed by atoms with E-state index in [1.807, 2.05) is 44.2 Å². The van der Waals surface area contributed by atoms with E-state index in [4.69, 9.17) is 9.15 Å². The number of nitrogens with one attached hydrogen (secondary N) is 2. The summed E-state index contributed by atoms with van der Waals surface area (Å²) in [5.41, 5.74) is 2.42. The molecular formula is C32H31FN4O5S. The lowest BCUT2D eigenvalue weighted by molar-refractivity contribution is -0.126. The van der Waals surface area contributed by atoms with E-state index in [0.29, 0.717) is 27.9 Å². The van der Waals surface area contributed by atoms with Crippen LogP contribution in [0.1, 0.15) is 36.0 Å². The number of hydrogen-bond donors (Lipinski definition) is 2. The molecule has 2 heterocycles. The summed E-state index contributed by atoms with van der Waals surface area (Å²) in [6, 6.07) is 25.4. The van der Waals surface area contributed by atoms with Gasteiger partial charge in [-0.25, -0.2) is 14.2 Å². The zero-order valence-electron chi connectivity index (χ0n) is 23.7. The van der Waals surface area contributed by atoms with Crippen molar-refractivity contribution in [2.75, 3.05) is 11.9 Å². The molecule has 0 saturated carbocycles. The Bertz CT molecular complexity index is 1550. The maximum absolute atomic E-state index is 13.7. The molecule has 1 aliphatic rings. The Hall–Kier alpha value is -4.90. The summed E-state index contributed by atoms with van der Waals surface area (Å²) in [4.78, 5) is 43.7. The number of amidine groups is 1. The number of amides is 3. The Kier molecular flexibility index (Phi) is 11.1. The number of thioether (sulfide) groups is 1. The van der Waals surface area contributed by atoms with Crippen LogP contribution in [0.5, 0.6) is 0 Å². The highest BCUT2D eigenvalue weighted by molar-refractivity contribution is 8.15. The van der Waals surface area contributed by atoms with Crippen LogP contribution in [0.15, 0.2) is 107 Å². The quantitative estimate of drug-likeness (QED) is 0.218. The van der Waals surface area contributed by atoms with Crippen LogP contribution in [0, 0.1) is 5.82 Å². The van der Waals surface area contributed by atoms with Crippen molar-refractivity contribution in [1.29, 1.82) is 0 Å². The van der Waals surface area contributed by atoms with Gasteiger partial charge in [0.1, 0.15) is 30.0 Å². The molecule has 4 aromatic rings. The molecule has 1 saturated heterocycles. The minimum absolute atomic E-state index is 0.0985. The third-order valence-corrected chi connectivity index (χ3v) is 7.21. The van der Waals surface area contributed by atoms with Gasteiger partial charge in [-0.05, 0) is 53.6 Å². The van der Waals surface area contributed by atoms with Crippen molar-refractivity contribution in [3.05, 3.63) is 120 Å². The second kappa shape index (κ2) is 15.4. The number of anilines is 1. The smallest absolute Gasteiger partial charge is 0.407 e. The van der Waals surface area contributed by atoms with Gasteiger partial charge in [-0.2, -0.15) is 0 Å². The first-order chi connectivity index (χ1) is 20.9. The van der Waals surface area contributed by atoms with Gasteiger partial charge in [0, 0.05) is 5.69 Å². The SMILES string of the molecule is CC.O=C(CNC(=O)OCc1ccccc1)Nc1ccc(C2SC(=Nc3cccc(F)c3)N(Cc3ccco3)C2=O)cc1. The first kappa shape index (κ1) is 31.0. The monoisotopic (exact) mass is 602 g/mol. The van der Waals surface area contributed by atoms with E-state index in [1.54, 1.807) is 48.5 Å². The maximum atomic E-state index is 13.7. The predicted octanol–water partition coefficient (Wildman–Crippen LogP) is 6.81. The lowest BCUT2D eigenvalue weighted by Crippen LogP contribution is -2.33. The van der Waals surface area contributed by atoms with Crippen LogP contribution in [0.3, 0.4) is 0 Å². The number of halogens is 1. The fraction of sp³-hybridized carbons (Fsp3) is 0.188. The highest BCUT2D eigenvalue weighted by Crippen LogP contribution is 2.41. The summed E-state index contributed by atoms with van der Waals surface area (Å²) in [5, 5.41) is 4.94. The molecule has 0 spiro atoms. The Morgan fingerprint density at radius 1 is 1.00 bits per heavy atom. The predicted molar refractivity (Wildman–Crippen MR) is 164 cm³/mol. The number of alkyl carbamates (subject to hydrolysis) is 1. The molecule has 1 fully saturated rings. The molecule has 1 aromatic heterocycles. The number of benzene rings is 3. The van der Waals surface area contributed by atoms with Crippen molar-refractivity contribution in [1.82, 2.24) is 10.2 Å². The standard InChI is InChI=1S/C30H25FN4O5S.C2H6/c31-22-8-4-9-24(16-22)34-29-35(18-25-10-5-15-39-25)28(37)27(41-29)21-11-13-23(14-12-21)33-26(36)17-32-30(38)40-19-20-6-2-1-3-7-20;1-2/h1-16,27H,17-19H2,(H,32,38)(H,33,36);1-2H3. The number of aliphatic imine (C=N–C) groups is 1. The molecule has 0 aliphatic carbocycles. The summed E-state index contributed by atoms with van der Waals surface area (Å²) in [5.74, 6) is -0.471. The van der Waals surface area contributed by atoms with Gasteiger partial charge < -0.3 is 19.8 Å². The zero-order chi connectivity index (χ0) is 30.6.